The molecule has 2 aromatic heterocycles. The van der Waals surface area contributed by atoms with Gasteiger partial charge in [-0.2, -0.15) is 5.10 Å². The van der Waals surface area contributed by atoms with E-state index in [1.54, 1.807) is 24.8 Å². The number of aromatic nitrogens is 4. The number of rotatable bonds is 3. The summed E-state index contributed by atoms with van der Waals surface area (Å²) in [4.78, 5) is 39.8. The summed E-state index contributed by atoms with van der Waals surface area (Å²) in [6.45, 7) is 4.70. The average Bonchev–Trinajstić information content (AvgIpc) is 2.84. The fourth-order valence-corrected chi connectivity index (χ4v) is 2.88. The number of aliphatic hydroxyl groups excluding tert-OH is 1. The molecule has 134 valence electrons. The van der Waals surface area contributed by atoms with Crippen molar-refractivity contribution >= 4 is 5.91 Å². The highest BCUT2D eigenvalue weighted by atomic mass is 16.3. The van der Waals surface area contributed by atoms with Crippen molar-refractivity contribution in [3.63, 3.8) is 0 Å². The van der Waals surface area contributed by atoms with E-state index in [2.05, 4.69) is 10.1 Å². The zero-order chi connectivity index (χ0) is 18.1. The fourth-order valence-electron chi connectivity index (χ4n) is 2.88. The van der Waals surface area contributed by atoms with Gasteiger partial charge in [-0.25, -0.2) is 4.79 Å². The number of fused-ring (bicyclic) bond motifs is 1. The number of hydrogen-bond donors (Lipinski definition) is 2. The van der Waals surface area contributed by atoms with Gasteiger partial charge in [0.2, 0.25) is 5.91 Å². The second kappa shape index (κ2) is 6.67. The van der Waals surface area contributed by atoms with Gasteiger partial charge in [0.15, 0.2) is 0 Å². The van der Waals surface area contributed by atoms with Crippen LogP contribution in [-0.2, 0) is 24.4 Å². The summed E-state index contributed by atoms with van der Waals surface area (Å²) < 4.78 is 3.02. The van der Waals surface area contributed by atoms with Crippen molar-refractivity contribution in [3.05, 3.63) is 50.1 Å². The van der Waals surface area contributed by atoms with Crippen LogP contribution in [0.4, 0.5) is 0 Å². The standard InChI is InChI=1S/C16H21N5O4/c1-10-7-20(16(25)17-15(10)24)9-14(23)19-4-3-5-21-12(8-19)6-13(18-21)11(2)22/h6-7,11,22H,3-5,8-9H2,1-2H3,(H,17,24,25)/t11-/m0/s1. The van der Waals surface area contributed by atoms with Crippen LogP contribution in [0.25, 0.3) is 0 Å². The van der Waals surface area contributed by atoms with E-state index < -0.39 is 17.4 Å². The molecular formula is C16H21N5O4. The van der Waals surface area contributed by atoms with E-state index in [1.807, 2.05) is 4.68 Å². The molecule has 0 radical (unpaired) electrons. The van der Waals surface area contributed by atoms with Crippen LogP contribution in [0, 0.1) is 6.92 Å². The highest BCUT2D eigenvalue weighted by molar-refractivity contribution is 5.76. The average molecular weight is 347 g/mol. The normalized spacial score (nSPS) is 15.6. The van der Waals surface area contributed by atoms with E-state index in [0.717, 1.165) is 12.1 Å². The number of hydrogen-bond acceptors (Lipinski definition) is 5. The number of carbonyl (C=O) groups is 1. The van der Waals surface area contributed by atoms with Gasteiger partial charge in [0.05, 0.1) is 24.0 Å². The Balaban J connectivity index is 1.79. The number of aromatic amines is 1. The molecule has 0 fully saturated rings. The Morgan fingerprint density at radius 2 is 2.16 bits per heavy atom. The largest absolute Gasteiger partial charge is 0.387 e. The maximum atomic E-state index is 12.6. The first-order chi connectivity index (χ1) is 11.8. The summed E-state index contributed by atoms with van der Waals surface area (Å²) in [6.07, 6.45) is 1.47. The van der Waals surface area contributed by atoms with Crippen LogP contribution in [0.1, 0.15) is 36.4 Å². The Morgan fingerprint density at radius 1 is 1.40 bits per heavy atom. The maximum absolute atomic E-state index is 12.6. The molecule has 0 saturated heterocycles. The molecule has 0 aromatic carbocycles. The molecule has 2 aromatic rings. The number of aliphatic hydroxyl groups is 1. The lowest BCUT2D eigenvalue weighted by atomic mass is 10.2. The van der Waals surface area contributed by atoms with Gasteiger partial charge in [-0.3, -0.25) is 23.8 Å². The van der Waals surface area contributed by atoms with Gasteiger partial charge in [0.25, 0.3) is 5.56 Å². The van der Waals surface area contributed by atoms with Crippen molar-refractivity contribution in [2.24, 2.45) is 0 Å². The molecule has 0 unspecified atom stereocenters. The van der Waals surface area contributed by atoms with Crippen LogP contribution in [0.15, 0.2) is 21.9 Å². The second-order valence-corrected chi connectivity index (χ2v) is 6.33. The van der Waals surface area contributed by atoms with E-state index in [9.17, 15) is 19.5 Å². The summed E-state index contributed by atoms with van der Waals surface area (Å²) >= 11 is 0. The van der Waals surface area contributed by atoms with E-state index in [4.69, 9.17) is 0 Å². The molecule has 3 heterocycles. The van der Waals surface area contributed by atoms with Gasteiger partial charge < -0.3 is 10.0 Å². The van der Waals surface area contributed by atoms with Crippen molar-refractivity contribution in [1.82, 2.24) is 24.2 Å². The lowest BCUT2D eigenvalue weighted by Crippen LogP contribution is -2.38. The lowest BCUT2D eigenvalue weighted by molar-refractivity contribution is -0.132. The third-order valence-electron chi connectivity index (χ3n) is 4.31. The monoisotopic (exact) mass is 347 g/mol. The van der Waals surface area contributed by atoms with Crippen LogP contribution in [-0.4, -0.2) is 41.8 Å². The number of amides is 1. The third kappa shape index (κ3) is 3.55. The first-order valence-electron chi connectivity index (χ1n) is 8.18. The summed E-state index contributed by atoms with van der Waals surface area (Å²) in [5.41, 5.74) is 0.768. The van der Waals surface area contributed by atoms with Gasteiger partial charge in [-0.05, 0) is 26.3 Å². The van der Waals surface area contributed by atoms with E-state index in [1.165, 1.54) is 10.8 Å². The van der Waals surface area contributed by atoms with Crippen molar-refractivity contribution in [2.75, 3.05) is 6.54 Å². The van der Waals surface area contributed by atoms with Crippen LogP contribution in [0.2, 0.25) is 0 Å². The molecule has 3 rings (SSSR count). The van der Waals surface area contributed by atoms with Crippen molar-refractivity contribution < 1.29 is 9.90 Å². The van der Waals surface area contributed by atoms with E-state index >= 15 is 0 Å². The SMILES string of the molecule is Cc1cn(CC(=O)N2CCCn3nc([C@H](C)O)cc3C2)c(=O)[nH]c1=O. The van der Waals surface area contributed by atoms with Crippen LogP contribution < -0.4 is 11.2 Å². The zero-order valence-corrected chi connectivity index (χ0v) is 14.2. The van der Waals surface area contributed by atoms with Crippen LogP contribution in [0.5, 0.6) is 0 Å². The van der Waals surface area contributed by atoms with Crippen LogP contribution >= 0.6 is 0 Å². The molecule has 1 atom stereocenters. The highest BCUT2D eigenvalue weighted by Gasteiger charge is 2.22. The highest BCUT2D eigenvalue weighted by Crippen LogP contribution is 2.18. The molecule has 0 bridgehead atoms. The van der Waals surface area contributed by atoms with Gasteiger partial charge in [-0.15, -0.1) is 0 Å². The van der Waals surface area contributed by atoms with Gasteiger partial charge >= 0.3 is 5.69 Å². The van der Waals surface area contributed by atoms with Gasteiger partial charge in [0.1, 0.15) is 6.54 Å². The Morgan fingerprint density at radius 3 is 2.88 bits per heavy atom. The quantitative estimate of drug-likeness (QED) is 0.779. The zero-order valence-electron chi connectivity index (χ0n) is 14.2. The Hall–Kier alpha value is -2.68. The molecule has 9 nitrogen and oxygen atoms in total. The van der Waals surface area contributed by atoms with Crippen LogP contribution in [0.3, 0.4) is 0 Å². The molecule has 0 aliphatic carbocycles. The van der Waals surface area contributed by atoms with Crippen molar-refractivity contribution in [1.29, 1.82) is 0 Å². The first kappa shape index (κ1) is 17.2. The summed E-state index contributed by atoms with van der Waals surface area (Å²) in [5, 5.41) is 14.0. The molecule has 25 heavy (non-hydrogen) atoms. The third-order valence-corrected chi connectivity index (χ3v) is 4.31. The molecule has 1 aliphatic heterocycles. The van der Waals surface area contributed by atoms with Gasteiger partial charge in [-0.1, -0.05) is 0 Å². The summed E-state index contributed by atoms with van der Waals surface area (Å²) in [6, 6.07) is 1.80. The topological polar surface area (TPSA) is 113 Å². The molecular weight excluding hydrogens is 326 g/mol. The van der Waals surface area contributed by atoms with E-state index in [0.29, 0.717) is 30.9 Å². The number of aryl methyl sites for hydroxylation is 2. The number of nitrogens with one attached hydrogen (secondary N) is 1. The molecule has 1 amide bonds. The summed E-state index contributed by atoms with van der Waals surface area (Å²) in [5.74, 6) is -0.207. The van der Waals surface area contributed by atoms with Gasteiger partial charge in [0, 0.05) is 24.8 Å². The molecule has 9 heteroatoms. The minimum atomic E-state index is -0.661. The molecule has 0 spiro atoms. The van der Waals surface area contributed by atoms with Crippen molar-refractivity contribution in [3.8, 4) is 0 Å². The Labute approximate surface area is 143 Å². The number of nitrogens with zero attached hydrogens (tertiary/aromatic N) is 4. The Bertz CT molecular complexity index is 908. The maximum Gasteiger partial charge on any atom is 0.328 e. The molecule has 2 N–H and O–H groups in total. The van der Waals surface area contributed by atoms with Crippen molar-refractivity contribution in [2.45, 2.75) is 46.0 Å². The van der Waals surface area contributed by atoms with E-state index in [-0.39, 0.29) is 12.5 Å². The summed E-state index contributed by atoms with van der Waals surface area (Å²) in [7, 11) is 0. The minimum absolute atomic E-state index is 0.131. The first-order valence-corrected chi connectivity index (χ1v) is 8.18. The molecule has 0 saturated carbocycles. The molecule has 1 aliphatic rings. The lowest BCUT2D eigenvalue weighted by Gasteiger charge is -2.20. The number of H-pyrrole nitrogens is 1. The predicted molar refractivity (Wildman–Crippen MR) is 89.0 cm³/mol. The smallest absolute Gasteiger partial charge is 0.328 e. The second-order valence-electron chi connectivity index (χ2n) is 6.33. The Kier molecular flexibility index (Phi) is 4.58. The predicted octanol–water partition coefficient (Wildman–Crippen LogP) is -0.473. The minimum Gasteiger partial charge on any atom is -0.387 e. The number of carbonyl (C=O) groups excluding carboxylic acids is 1. The fraction of sp³-hybridized carbons (Fsp3) is 0.500.